The van der Waals surface area contributed by atoms with Gasteiger partial charge in [0, 0.05) is 62.2 Å². The highest BCUT2D eigenvalue weighted by Crippen LogP contribution is 2.27. The van der Waals surface area contributed by atoms with Crippen LogP contribution in [0.2, 0.25) is 0 Å². The monoisotopic (exact) mass is 436 g/mol. The van der Waals surface area contributed by atoms with Crippen molar-refractivity contribution in [3.8, 4) is 0 Å². The molecule has 2 aliphatic heterocycles. The number of rotatable bonds is 7. The lowest BCUT2D eigenvalue weighted by molar-refractivity contribution is -0.132. The molecule has 2 aromatic heterocycles. The number of amides is 1. The number of H-pyrrole nitrogens is 1. The molecule has 1 N–H and O–H groups in total. The third-order valence-corrected chi connectivity index (χ3v) is 7.08. The minimum absolute atomic E-state index is 0.271. The number of piperidine rings is 1. The van der Waals surface area contributed by atoms with Crippen LogP contribution >= 0.6 is 0 Å². The number of fused-ring (bicyclic) bond motifs is 1. The Morgan fingerprint density at radius 2 is 1.91 bits per heavy atom. The van der Waals surface area contributed by atoms with Crippen molar-refractivity contribution < 1.29 is 14.1 Å². The van der Waals surface area contributed by atoms with E-state index in [0.717, 1.165) is 88.5 Å². The Morgan fingerprint density at radius 3 is 2.75 bits per heavy atom. The Balaban J connectivity index is 1.04. The maximum atomic E-state index is 12.7. The lowest BCUT2D eigenvalue weighted by atomic mass is 9.92. The Kier molecular flexibility index (Phi) is 6.53. The summed E-state index contributed by atoms with van der Waals surface area (Å²) in [5.74, 6) is 2.84. The molecule has 0 atom stereocenters. The number of nitrogens with one attached hydrogen (secondary N) is 1. The van der Waals surface area contributed by atoms with Gasteiger partial charge >= 0.3 is 0 Å². The van der Waals surface area contributed by atoms with Gasteiger partial charge in [-0.1, -0.05) is 23.4 Å². The van der Waals surface area contributed by atoms with Gasteiger partial charge in [-0.15, -0.1) is 0 Å². The van der Waals surface area contributed by atoms with Crippen LogP contribution in [0.3, 0.4) is 0 Å². The largest absolute Gasteiger partial charge is 0.381 e. The molecule has 7 nitrogen and oxygen atoms in total. The van der Waals surface area contributed by atoms with Gasteiger partial charge in [-0.3, -0.25) is 4.79 Å². The molecule has 4 heterocycles. The first-order valence-electron chi connectivity index (χ1n) is 12.0. The van der Waals surface area contributed by atoms with Crippen LogP contribution in [0.15, 0.2) is 35.0 Å². The van der Waals surface area contributed by atoms with Crippen LogP contribution in [0, 0.1) is 5.92 Å². The molecule has 0 saturated carbocycles. The quantitative estimate of drug-likeness (QED) is 0.599. The van der Waals surface area contributed by atoms with Crippen LogP contribution in [0.5, 0.6) is 0 Å². The van der Waals surface area contributed by atoms with Crippen molar-refractivity contribution in [2.24, 2.45) is 5.92 Å². The summed E-state index contributed by atoms with van der Waals surface area (Å²) < 4.78 is 10.9. The van der Waals surface area contributed by atoms with Crippen LogP contribution in [-0.2, 0) is 22.4 Å². The van der Waals surface area contributed by atoms with Gasteiger partial charge in [-0.05, 0) is 56.1 Å². The highest BCUT2D eigenvalue weighted by Gasteiger charge is 2.25. The van der Waals surface area contributed by atoms with Gasteiger partial charge in [0.05, 0.1) is 0 Å². The average Bonchev–Trinajstić information content (AvgIpc) is 3.49. The summed E-state index contributed by atoms with van der Waals surface area (Å²) >= 11 is 0. The van der Waals surface area contributed by atoms with E-state index in [4.69, 9.17) is 9.26 Å². The van der Waals surface area contributed by atoms with Crippen molar-refractivity contribution in [3.63, 3.8) is 0 Å². The second-order valence-electron chi connectivity index (χ2n) is 9.16. The molecule has 7 heteroatoms. The molecular weight excluding hydrogens is 404 g/mol. The van der Waals surface area contributed by atoms with E-state index in [2.05, 4.69) is 27.3 Å². The van der Waals surface area contributed by atoms with Gasteiger partial charge in [0.2, 0.25) is 11.8 Å². The number of para-hydroxylation sites is 1. The van der Waals surface area contributed by atoms with Gasteiger partial charge in [0.15, 0.2) is 5.82 Å². The molecule has 2 saturated heterocycles. The Hall–Kier alpha value is -2.67. The predicted octanol–water partition coefficient (Wildman–Crippen LogP) is 4.25. The Labute approximate surface area is 188 Å². The number of nitrogens with zero attached hydrogens (tertiary/aromatic N) is 3. The molecule has 5 rings (SSSR count). The lowest BCUT2D eigenvalue weighted by Gasteiger charge is -2.32. The van der Waals surface area contributed by atoms with Crippen molar-refractivity contribution in [1.29, 1.82) is 0 Å². The van der Waals surface area contributed by atoms with Crippen molar-refractivity contribution in [3.05, 3.63) is 47.7 Å². The fourth-order valence-corrected chi connectivity index (χ4v) is 5.02. The number of ether oxygens (including phenoxy) is 1. The van der Waals surface area contributed by atoms with Gasteiger partial charge in [-0.2, -0.15) is 4.98 Å². The van der Waals surface area contributed by atoms with Crippen molar-refractivity contribution in [2.45, 2.75) is 57.3 Å². The SMILES string of the molecule is O=C(CCc1c[nH]c2ccccc12)N1CCC(CCc2noc(C3CCOCC3)n2)CC1. The molecular formula is C25H32N4O3. The number of aryl methyl sites for hydroxylation is 2. The predicted molar refractivity (Wildman–Crippen MR) is 121 cm³/mol. The van der Waals surface area contributed by atoms with E-state index in [9.17, 15) is 4.79 Å². The lowest BCUT2D eigenvalue weighted by Crippen LogP contribution is -2.38. The van der Waals surface area contributed by atoms with E-state index in [1.165, 1.54) is 10.9 Å². The van der Waals surface area contributed by atoms with Crippen LogP contribution in [0.1, 0.15) is 61.7 Å². The zero-order chi connectivity index (χ0) is 21.8. The number of carbonyl (C=O) groups excluding carboxylic acids is 1. The maximum Gasteiger partial charge on any atom is 0.229 e. The number of hydrogen-bond donors (Lipinski definition) is 1. The van der Waals surface area contributed by atoms with Gasteiger partial charge in [0.25, 0.3) is 0 Å². The Bertz CT molecular complexity index is 1030. The number of benzene rings is 1. The second kappa shape index (κ2) is 9.86. The summed E-state index contributed by atoms with van der Waals surface area (Å²) in [4.78, 5) is 22.7. The van der Waals surface area contributed by atoms with Gasteiger partial charge < -0.3 is 19.1 Å². The standard InChI is InChI=1S/C25H32N4O3/c30-24(8-6-20-17-26-22-4-2-1-3-21(20)22)29-13-9-18(10-14-29)5-7-23-27-25(32-28-23)19-11-15-31-16-12-19/h1-4,17-19,26H,5-16H2. The summed E-state index contributed by atoms with van der Waals surface area (Å²) in [7, 11) is 0. The number of aromatic nitrogens is 3. The fourth-order valence-electron chi connectivity index (χ4n) is 5.02. The smallest absolute Gasteiger partial charge is 0.229 e. The molecule has 1 aromatic carbocycles. The molecule has 3 aromatic rings. The maximum absolute atomic E-state index is 12.7. The number of likely N-dealkylation sites (tertiary alicyclic amines) is 1. The topological polar surface area (TPSA) is 84.2 Å². The molecule has 0 bridgehead atoms. The van der Waals surface area contributed by atoms with Crippen molar-refractivity contribution in [2.75, 3.05) is 26.3 Å². The molecule has 32 heavy (non-hydrogen) atoms. The molecule has 2 aliphatic rings. The van der Waals surface area contributed by atoms with Crippen LogP contribution in [0.25, 0.3) is 10.9 Å². The zero-order valence-corrected chi connectivity index (χ0v) is 18.6. The fraction of sp³-hybridized carbons (Fsp3) is 0.560. The van der Waals surface area contributed by atoms with Crippen LogP contribution < -0.4 is 0 Å². The number of aromatic amines is 1. The summed E-state index contributed by atoms with van der Waals surface area (Å²) in [5.41, 5.74) is 2.36. The molecule has 170 valence electrons. The van der Waals surface area contributed by atoms with Gasteiger partial charge in [0.1, 0.15) is 0 Å². The molecule has 0 aliphatic carbocycles. The molecule has 2 fully saturated rings. The zero-order valence-electron chi connectivity index (χ0n) is 18.6. The average molecular weight is 437 g/mol. The van der Waals surface area contributed by atoms with E-state index >= 15 is 0 Å². The minimum atomic E-state index is 0.271. The third-order valence-electron chi connectivity index (χ3n) is 7.08. The highest BCUT2D eigenvalue weighted by atomic mass is 16.5. The van der Waals surface area contributed by atoms with Gasteiger partial charge in [-0.25, -0.2) is 0 Å². The number of hydrogen-bond acceptors (Lipinski definition) is 5. The first-order valence-corrected chi connectivity index (χ1v) is 12.0. The van der Waals surface area contributed by atoms with E-state index in [0.29, 0.717) is 18.3 Å². The molecule has 0 radical (unpaired) electrons. The number of carbonyl (C=O) groups is 1. The minimum Gasteiger partial charge on any atom is -0.381 e. The van der Waals surface area contributed by atoms with Crippen molar-refractivity contribution in [1.82, 2.24) is 20.0 Å². The molecule has 1 amide bonds. The molecule has 0 unspecified atom stereocenters. The van der Waals surface area contributed by atoms with E-state index in [-0.39, 0.29) is 5.91 Å². The van der Waals surface area contributed by atoms with E-state index < -0.39 is 0 Å². The summed E-state index contributed by atoms with van der Waals surface area (Å²) in [6, 6.07) is 8.27. The summed E-state index contributed by atoms with van der Waals surface area (Å²) in [6.07, 6.45) is 9.36. The highest BCUT2D eigenvalue weighted by molar-refractivity contribution is 5.84. The van der Waals surface area contributed by atoms with E-state index in [1.807, 2.05) is 23.2 Å². The molecule has 0 spiro atoms. The first kappa shape index (κ1) is 21.2. The van der Waals surface area contributed by atoms with Crippen LogP contribution in [0.4, 0.5) is 0 Å². The summed E-state index contributed by atoms with van der Waals surface area (Å²) in [6.45, 7) is 3.27. The van der Waals surface area contributed by atoms with Crippen molar-refractivity contribution >= 4 is 16.8 Å². The Morgan fingerprint density at radius 1 is 1.09 bits per heavy atom. The first-order chi connectivity index (χ1) is 15.8. The normalized spacial score (nSPS) is 18.4. The summed E-state index contributed by atoms with van der Waals surface area (Å²) in [5, 5.41) is 5.42. The van der Waals surface area contributed by atoms with Crippen LogP contribution in [-0.4, -0.2) is 52.2 Å². The second-order valence-corrected chi connectivity index (χ2v) is 9.16. The third kappa shape index (κ3) is 4.88. The van der Waals surface area contributed by atoms with E-state index in [1.54, 1.807) is 0 Å².